The number of nitrogens with zero attached hydrogens (tertiary/aromatic N) is 2. The normalized spacial score (nSPS) is 19.2. The Labute approximate surface area is 123 Å². The summed E-state index contributed by atoms with van der Waals surface area (Å²) >= 11 is 3.51. The summed E-state index contributed by atoms with van der Waals surface area (Å²) in [5, 5.41) is 7.74. The quantitative estimate of drug-likeness (QED) is 0.659. The van der Waals surface area contributed by atoms with Crippen LogP contribution in [0.25, 0.3) is 0 Å². The van der Waals surface area contributed by atoms with Gasteiger partial charge in [-0.15, -0.1) is 0 Å². The van der Waals surface area contributed by atoms with Crippen LogP contribution in [0, 0.1) is 5.41 Å². The molecule has 0 spiro atoms. The fourth-order valence-corrected chi connectivity index (χ4v) is 3.08. The highest BCUT2D eigenvalue weighted by atomic mass is 79.9. The molecule has 1 aromatic rings. The molecule has 1 heterocycles. The van der Waals surface area contributed by atoms with Crippen molar-refractivity contribution < 1.29 is 0 Å². The number of halogens is 1. The molecule has 4 nitrogen and oxygen atoms in total. The van der Waals surface area contributed by atoms with Gasteiger partial charge < -0.3 is 15.5 Å². The van der Waals surface area contributed by atoms with Crippen molar-refractivity contribution in [2.75, 3.05) is 32.1 Å². The maximum Gasteiger partial charge on any atom is 0.124 e. The number of amidine groups is 1. The van der Waals surface area contributed by atoms with Gasteiger partial charge in [-0.3, -0.25) is 5.41 Å². The van der Waals surface area contributed by atoms with Crippen molar-refractivity contribution in [1.29, 1.82) is 5.41 Å². The molecule has 0 amide bonds. The summed E-state index contributed by atoms with van der Waals surface area (Å²) in [5.74, 6) is 0.137. The molecule has 1 atom stereocenters. The molecule has 1 saturated heterocycles. The van der Waals surface area contributed by atoms with Crippen molar-refractivity contribution in [3.8, 4) is 0 Å². The summed E-state index contributed by atoms with van der Waals surface area (Å²) in [5.41, 5.74) is 7.61. The minimum Gasteiger partial charge on any atom is -0.384 e. The zero-order valence-corrected chi connectivity index (χ0v) is 13.1. The summed E-state index contributed by atoms with van der Waals surface area (Å²) in [6.45, 7) is 2.07. The zero-order valence-electron chi connectivity index (χ0n) is 11.5. The second-order valence-electron chi connectivity index (χ2n) is 5.33. The van der Waals surface area contributed by atoms with E-state index in [-0.39, 0.29) is 5.84 Å². The number of benzene rings is 1. The van der Waals surface area contributed by atoms with E-state index in [4.69, 9.17) is 11.1 Å². The third-order valence-electron chi connectivity index (χ3n) is 3.51. The number of likely N-dealkylation sites (N-methyl/N-ethyl adjacent to an activating group) is 1. The Morgan fingerprint density at radius 1 is 1.53 bits per heavy atom. The van der Waals surface area contributed by atoms with Crippen LogP contribution < -0.4 is 10.6 Å². The van der Waals surface area contributed by atoms with Crippen LogP contribution in [0.5, 0.6) is 0 Å². The van der Waals surface area contributed by atoms with Crippen molar-refractivity contribution in [3.63, 3.8) is 0 Å². The number of rotatable bonds is 4. The van der Waals surface area contributed by atoms with E-state index in [0.717, 1.165) is 28.8 Å². The lowest BCUT2D eigenvalue weighted by molar-refractivity contribution is 0.372. The Kier molecular flexibility index (Phi) is 4.47. The molecule has 0 bridgehead atoms. The van der Waals surface area contributed by atoms with Crippen molar-refractivity contribution in [2.24, 2.45) is 5.73 Å². The molecule has 3 N–H and O–H groups in total. The van der Waals surface area contributed by atoms with Crippen molar-refractivity contribution in [2.45, 2.75) is 18.9 Å². The van der Waals surface area contributed by atoms with Crippen LogP contribution >= 0.6 is 15.9 Å². The smallest absolute Gasteiger partial charge is 0.124 e. The van der Waals surface area contributed by atoms with Crippen LogP contribution in [0.4, 0.5) is 5.69 Å². The van der Waals surface area contributed by atoms with Crippen molar-refractivity contribution in [3.05, 3.63) is 28.2 Å². The van der Waals surface area contributed by atoms with E-state index in [1.165, 1.54) is 12.8 Å². The van der Waals surface area contributed by atoms with Crippen LogP contribution in [0.3, 0.4) is 0 Å². The molecule has 1 aliphatic heterocycles. The first-order valence-electron chi connectivity index (χ1n) is 6.54. The maximum atomic E-state index is 7.74. The summed E-state index contributed by atoms with van der Waals surface area (Å²) in [4.78, 5) is 4.61. The van der Waals surface area contributed by atoms with Gasteiger partial charge in [-0.25, -0.2) is 0 Å². The Hall–Kier alpha value is -1.07. The highest BCUT2D eigenvalue weighted by Crippen LogP contribution is 2.31. The molecular formula is C14H21BrN4. The summed E-state index contributed by atoms with van der Waals surface area (Å²) in [7, 11) is 4.20. The minimum atomic E-state index is 0.137. The van der Waals surface area contributed by atoms with Gasteiger partial charge in [-0.05, 0) is 45.1 Å². The molecular weight excluding hydrogens is 304 g/mol. The summed E-state index contributed by atoms with van der Waals surface area (Å²) in [6.07, 6.45) is 2.39. The van der Waals surface area contributed by atoms with Crippen LogP contribution in [-0.2, 0) is 0 Å². The molecule has 1 fully saturated rings. The van der Waals surface area contributed by atoms with Gasteiger partial charge in [0.25, 0.3) is 0 Å². The van der Waals surface area contributed by atoms with E-state index >= 15 is 0 Å². The second-order valence-corrected chi connectivity index (χ2v) is 6.24. The predicted octanol–water partition coefficient (Wildman–Crippen LogP) is 2.26. The Morgan fingerprint density at radius 3 is 2.89 bits per heavy atom. The summed E-state index contributed by atoms with van der Waals surface area (Å²) in [6, 6.07) is 6.44. The lowest BCUT2D eigenvalue weighted by Gasteiger charge is -2.30. The number of nitrogens with one attached hydrogen (secondary N) is 1. The lowest BCUT2D eigenvalue weighted by Crippen LogP contribution is -2.38. The van der Waals surface area contributed by atoms with Crippen molar-refractivity contribution in [1.82, 2.24) is 4.90 Å². The molecule has 2 rings (SSSR count). The Morgan fingerprint density at radius 2 is 2.26 bits per heavy atom. The third kappa shape index (κ3) is 3.28. The van der Waals surface area contributed by atoms with E-state index in [1.807, 2.05) is 12.1 Å². The van der Waals surface area contributed by atoms with E-state index in [2.05, 4.69) is 45.9 Å². The van der Waals surface area contributed by atoms with E-state index in [1.54, 1.807) is 0 Å². The second kappa shape index (κ2) is 5.92. The Bertz CT molecular complexity index is 473. The summed E-state index contributed by atoms with van der Waals surface area (Å²) < 4.78 is 1.03. The third-order valence-corrected chi connectivity index (χ3v) is 4.01. The van der Waals surface area contributed by atoms with Crippen LogP contribution in [0.2, 0.25) is 0 Å². The molecule has 0 saturated carbocycles. The molecule has 104 valence electrons. The highest BCUT2D eigenvalue weighted by molar-refractivity contribution is 9.10. The van der Waals surface area contributed by atoms with Gasteiger partial charge in [0.15, 0.2) is 0 Å². The van der Waals surface area contributed by atoms with E-state index in [9.17, 15) is 0 Å². The molecule has 1 aliphatic rings. The van der Waals surface area contributed by atoms with Gasteiger partial charge in [-0.2, -0.15) is 0 Å². The largest absolute Gasteiger partial charge is 0.384 e. The lowest BCUT2D eigenvalue weighted by atomic mass is 10.1. The van der Waals surface area contributed by atoms with Gasteiger partial charge in [0.1, 0.15) is 5.84 Å². The molecule has 0 aromatic heterocycles. The first kappa shape index (κ1) is 14.3. The number of hydrogen-bond acceptors (Lipinski definition) is 3. The van der Waals surface area contributed by atoms with Gasteiger partial charge in [0.2, 0.25) is 0 Å². The SMILES string of the molecule is CN(C)CC1CCCN1c1cc(Br)ccc1C(=N)N. The van der Waals surface area contributed by atoms with E-state index in [0.29, 0.717) is 6.04 Å². The number of nitrogens with two attached hydrogens (primary N) is 1. The maximum absolute atomic E-state index is 7.74. The highest BCUT2D eigenvalue weighted by Gasteiger charge is 2.27. The van der Waals surface area contributed by atoms with Crippen LogP contribution in [0.15, 0.2) is 22.7 Å². The monoisotopic (exact) mass is 324 g/mol. The van der Waals surface area contributed by atoms with Gasteiger partial charge in [0, 0.05) is 34.9 Å². The van der Waals surface area contributed by atoms with Gasteiger partial charge in [-0.1, -0.05) is 15.9 Å². The minimum absolute atomic E-state index is 0.137. The average Bonchev–Trinajstić information content (AvgIpc) is 2.75. The predicted molar refractivity (Wildman–Crippen MR) is 84.1 cm³/mol. The van der Waals surface area contributed by atoms with E-state index < -0.39 is 0 Å². The zero-order chi connectivity index (χ0) is 14.0. The van der Waals surface area contributed by atoms with Gasteiger partial charge >= 0.3 is 0 Å². The topological polar surface area (TPSA) is 56.4 Å². The molecule has 5 heteroatoms. The first-order valence-corrected chi connectivity index (χ1v) is 7.33. The molecule has 1 unspecified atom stereocenters. The molecule has 19 heavy (non-hydrogen) atoms. The Balaban J connectivity index is 2.34. The van der Waals surface area contributed by atoms with Crippen molar-refractivity contribution >= 4 is 27.5 Å². The molecule has 0 radical (unpaired) electrons. The number of nitrogen functional groups attached to an aromatic ring is 1. The first-order chi connectivity index (χ1) is 8.99. The number of hydrogen-bond donors (Lipinski definition) is 2. The molecule has 1 aromatic carbocycles. The fraction of sp³-hybridized carbons (Fsp3) is 0.500. The van der Waals surface area contributed by atoms with Gasteiger partial charge in [0.05, 0.1) is 0 Å². The number of anilines is 1. The standard InChI is InChI=1S/C14H21BrN4/c1-18(2)9-11-4-3-7-19(11)13-8-10(15)5-6-12(13)14(16)17/h5-6,8,11H,3-4,7,9H2,1-2H3,(H3,16,17). The fourth-order valence-electron chi connectivity index (χ4n) is 2.73. The van der Waals surface area contributed by atoms with Crippen LogP contribution in [0.1, 0.15) is 18.4 Å². The molecule has 0 aliphatic carbocycles. The average molecular weight is 325 g/mol. The van der Waals surface area contributed by atoms with Crippen LogP contribution in [-0.4, -0.2) is 44.0 Å².